The van der Waals surface area contributed by atoms with E-state index < -0.39 is 18.2 Å². The highest BCUT2D eigenvalue weighted by Crippen LogP contribution is 2.21. The van der Waals surface area contributed by atoms with Crippen molar-refractivity contribution in [3.63, 3.8) is 0 Å². The van der Waals surface area contributed by atoms with Gasteiger partial charge in [-0.3, -0.25) is 4.79 Å². The smallest absolute Gasteiger partial charge is 0.310 e. The minimum absolute atomic E-state index is 0.0686. The summed E-state index contributed by atoms with van der Waals surface area (Å²) in [6.07, 6.45) is -4.77. The largest absolute Gasteiger partial charge is 0.389 e. The molecule has 2 rings (SSSR count). The van der Waals surface area contributed by atoms with Gasteiger partial charge in [0.15, 0.2) is 0 Å². The maximum Gasteiger partial charge on any atom is 0.389 e. The predicted molar refractivity (Wildman–Crippen MR) is 66.1 cm³/mol. The lowest BCUT2D eigenvalue weighted by molar-refractivity contribution is -0.134. The Morgan fingerprint density at radius 2 is 2.05 bits per heavy atom. The summed E-state index contributed by atoms with van der Waals surface area (Å²) in [7, 11) is 0. The van der Waals surface area contributed by atoms with Gasteiger partial charge in [0.25, 0.3) is 5.56 Å². The van der Waals surface area contributed by atoms with E-state index in [4.69, 9.17) is 0 Å². The molecule has 6 heteroatoms. The van der Waals surface area contributed by atoms with Crippen LogP contribution in [-0.4, -0.2) is 16.1 Å². The van der Waals surface area contributed by atoms with Crippen LogP contribution in [0, 0.1) is 0 Å². The third-order valence-electron chi connectivity index (χ3n) is 2.87. The van der Waals surface area contributed by atoms with Crippen LogP contribution < -0.4 is 5.56 Å². The van der Waals surface area contributed by atoms with Crippen LogP contribution in [0.3, 0.4) is 0 Å². The molecule has 0 unspecified atom stereocenters. The topological polar surface area (TPSA) is 45.8 Å². The molecule has 0 aliphatic heterocycles. The molecule has 1 aromatic carbocycles. The minimum Gasteiger partial charge on any atom is -0.310 e. The van der Waals surface area contributed by atoms with E-state index in [0.29, 0.717) is 10.9 Å². The first-order valence-corrected chi connectivity index (χ1v) is 5.97. The molecular formula is C13H13F3N2O. The van der Waals surface area contributed by atoms with E-state index in [-0.39, 0.29) is 12.2 Å². The van der Waals surface area contributed by atoms with E-state index in [2.05, 4.69) is 9.97 Å². The maximum atomic E-state index is 12.1. The van der Waals surface area contributed by atoms with Crippen LogP contribution in [0.15, 0.2) is 23.0 Å². The van der Waals surface area contributed by atoms with Gasteiger partial charge in [-0.05, 0) is 24.1 Å². The number of hydrogen-bond acceptors (Lipinski definition) is 2. The van der Waals surface area contributed by atoms with E-state index in [0.717, 1.165) is 12.0 Å². The molecule has 1 heterocycles. The Morgan fingerprint density at radius 1 is 1.32 bits per heavy atom. The number of benzene rings is 1. The van der Waals surface area contributed by atoms with Crippen LogP contribution in [0.1, 0.15) is 24.7 Å². The Bertz CT molecular complexity index is 646. The average Bonchev–Trinajstić information content (AvgIpc) is 2.35. The average molecular weight is 270 g/mol. The summed E-state index contributed by atoms with van der Waals surface area (Å²) in [6.45, 7) is 1.96. The molecule has 0 bridgehead atoms. The number of halogens is 3. The molecule has 0 radical (unpaired) electrons. The van der Waals surface area contributed by atoms with Gasteiger partial charge in [0.2, 0.25) is 0 Å². The number of aryl methyl sites for hydroxylation is 2. The van der Waals surface area contributed by atoms with Crippen molar-refractivity contribution in [1.82, 2.24) is 9.97 Å². The Labute approximate surface area is 107 Å². The van der Waals surface area contributed by atoms with E-state index >= 15 is 0 Å². The fourth-order valence-corrected chi connectivity index (χ4v) is 1.83. The number of rotatable bonds is 3. The van der Waals surface area contributed by atoms with Crippen molar-refractivity contribution in [2.24, 2.45) is 0 Å². The molecule has 1 N–H and O–H groups in total. The third-order valence-corrected chi connectivity index (χ3v) is 2.87. The summed E-state index contributed by atoms with van der Waals surface area (Å²) in [5, 5.41) is 0.412. The molecular weight excluding hydrogens is 257 g/mol. The van der Waals surface area contributed by atoms with E-state index in [1.807, 2.05) is 13.0 Å². The highest BCUT2D eigenvalue weighted by molar-refractivity contribution is 5.78. The van der Waals surface area contributed by atoms with Crippen LogP contribution in [0.4, 0.5) is 13.2 Å². The van der Waals surface area contributed by atoms with Gasteiger partial charge < -0.3 is 4.98 Å². The minimum atomic E-state index is -4.25. The summed E-state index contributed by atoms with van der Waals surface area (Å²) in [5.41, 5.74) is 1.03. The lowest BCUT2D eigenvalue weighted by Gasteiger charge is -2.06. The number of nitrogens with zero attached hydrogens (tertiary/aromatic N) is 1. The number of fused-ring (bicyclic) bond motifs is 1. The molecule has 0 saturated heterocycles. The third kappa shape index (κ3) is 3.33. The maximum absolute atomic E-state index is 12.1. The molecule has 0 aliphatic carbocycles. The Hall–Kier alpha value is -1.85. The van der Waals surface area contributed by atoms with Crippen LogP contribution in [0.5, 0.6) is 0 Å². The second-order valence-corrected chi connectivity index (χ2v) is 4.33. The Balaban J connectivity index is 2.37. The van der Waals surface area contributed by atoms with Gasteiger partial charge in [-0.2, -0.15) is 13.2 Å². The highest BCUT2D eigenvalue weighted by atomic mass is 19.4. The number of nitrogens with one attached hydrogen (secondary N) is 1. The van der Waals surface area contributed by atoms with Crippen molar-refractivity contribution in [2.45, 2.75) is 32.4 Å². The summed E-state index contributed by atoms with van der Waals surface area (Å²) < 4.78 is 36.4. The van der Waals surface area contributed by atoms with E-state index in [9.17, 15) is 18.0 Å². The van der Waals surface area contributed by atoms with Gasteiger partial charge in [0.1, 0.15) is 5.82 Å². The van der Waals surface area contributed by atoms with Crippen molar-refractivity contribution in [3.05, 3.63) is 39.9 Å². The van der Waals surface area contributed by atoms with Gasteiger partial charge in [-0.15, -0.1) is 0 Å². The number of aromatic nitrogens is 2. The van der Waals surface area contributed by atoms with Crippen molar-refractivity contribution in [2.75, 3.05) is 0 Å². The zero-order valence-electron chi connectivity index (χ0n) is 10.3. The molecule has 0 atom stereocenters. The zero-order valence-corrected chi connectivity index (χ0v) is 10.3. The summed E-state index contributed by atoms with van der Waals surface area (Å²) >= 11 is 0. The highest BCUT2D eigenvalue weighted by Gasteiger charge is 2.27. The lowest BCUT2D eigenvalue weighted by Crippen LogP contribution is -2.15. The molecule has 3 nitrogen and oxygen atoms in total. The zero-order chi connectivity index (χ0) is 14.0. The molecule has 0 amide bonds. The van der Waals surface area contributed by atoms with E-state index in [1.54, 1.807) is 12.1 Å². The van der Waals surface area contributed by atoms with Gasteiger partial charge in [-0.1, -0.05) is 13.0 Å². The predicted octanol–water partition coefficient (Wildman–Crippen LogP) is 2.98. The molecule has 2 aromatic rings. The number of aromatic amines is 1. The van der Waals surface area contributed by atoms with Crippen LogP contribution >= 0.6 is 0 Å². The van der Waals surface area contributed by atoms with E-state index in [1.165, 1.54) is 0 Å². The molecule has 1 aromatic heterocycles. The van der Waals surface area contributed by atoms with Crippen LogP contribution in [-0.2, 0) is 12.8 Å². The number of hydrogen-bond donors (Lipinski definition) is 1. The molecule has 0 saturated carbocycles. The van der Waals surface area contributed by atoms with Gasteiger partial charge >= 0.3 is 6.18 Å². The SMILES string of the molecule is CCc1ccc2nc(CCC(F)(F)F)[nH]c(=O)c2c1. The molecule has 0 spiro atoms. The second-order valence-electron chi connectivity index (χ2n) is 4.33. The first kappa shape index (κ1) is 13.6. The molecule has 0 fully saturated rings. The first-order valence-electron chi connectivity index (χ1n) is 5.97. The Kier molecular flexibility index (Phi) is 3.59. The van der Waals surface area contributed by atoms with Crippen LogP contribution in [0.2, 0.25) is 0 Å². The first-order chi connectivity index (χ1) is 8.89. The molecule has 102 valence electrons. The standard InChI is InChI=1S/C13H13F3N2O/c1-2-8-3-4-10-9(7-8)12(19)18-11(17-10)5-6-13(14,15)16/h3-4,7H,2,5-6H2,1H3,(H,17,18,19). The summed E-state index contributed by atoms with van der Waals surface area (Å²) in [4.78, 5) is 18.3. The van der Waals surface area contributed by atoms with Crippen molar-refractivity contribution in [3.8, 4) is 0 Å². The molecule has 19 heavy (non-hydrogen) atoms. The van der Waals surface area contributed by atoms with Crippen molar-refractivity contribution in [1.29, 1.82) is 0 Å². The second kappa shape index (κ2) is 5.03. The van der Waals surface area contributed by atoms with Gasteiger partial charge in [-0.25, -0.2) is 4.98 Å². The number of alkyl halides is 3. The quantitative estimate of drug-likeness (QED) is 0.932. The normalized spacial score (nSPS) is 12.0. The van der Waals surface area contributed by atoms with Gasteiger partial charge in [0.05, 0.1) is 17.3 Å². The molecule has 0 aliphatic rings. The fraction of sp³-hybridized carbons (Fsp3) is 0.385. The summed E-state index contributed by atoms with van der Waals surface area (Å²) in [6, 6.07) is 5.21. The lowest BCUT2D eigenvalue weighted by atomic mass is 10.1. The Morgan fingerprint density at radius 3 is 2.68 bits per heavy atom. The van der Waals surface area contributed by atoms with Crippen LogP contribution in [0.25, 0.3) is 10.9 Å². The van der Waals surface area contributed by atoms with Crippen molar-refractivity contribution >= 4 is 10.9 Å². The monoisotopic (exact) mass is 270 g/mol. The van der Waals surface area contributed by atoms with Crippen molar-refractivity contribution < 1.29 is 13.2 Å². The fourth-order valence-electron chi connectivity index (χ4n) is 1.83. The van der Waals surface area contributed by atoms with Gasteiger partial charge in [0, 0.05) is 6.42 Å². The number of H-pyrrole nitrogens is 1. The summed E-state index contributed by atoms with van der Waals surface area (Å²) in [5.74, 6) is 0.0686.